The molecule has 3 N–H and O–H groups in total. The number of rotatable bonds is 6. The van der Waals surface area contributed by atoms with E-state index >= 15 is 0 Å². The van der Waals surface area contributed by atoms with Gasteiger partial charge in [0.15, 0.2) is 0 Å². The van der Waals surface area contributed by atoms with Gasteiger partial charge in [0.25, 0.3) is 0 Å². The van der Waals surface area contributed by atoms with Crippen LogP contribution in [0.25, 0.3) is 21.8 Å². The summed E-state index contributed by atoms with van der Waals surface area (Å²) in [7, 11) is 1.66. The van der Waals surface area contributed by atoms with Crippen molar-refractivity contribution in [1.82, 2.24) is 4.57 Å². The second-order valence-electron chi connectivity index (χ2n) is 6.46. The van der Waals surface area contributed by atoms with Gasteiger partial charge >= 0.3 is 0 Å². The van der Waals surface area contributed by atoms with Crippen molar-refractivity contribution in [2.45, 2.75) is 20.1 Å². The van der Waals surface area contributed by atoms with Crippen LogP contribution in [0.15, 0.2) is 60.7 Å². The van der Waals surface area contributed by atoms with Crippen LogP contribution in [0.4, 0.5) is 11.4 Å². The van der Waals surface area contributed by atoms with E-state index in [1.807, 2.05) is 30.3 Å². The number of methoxy groups -OCH3 is 1. The van der Waals surface area contributed by atoms with E-state index in [2.05, 4.69) is 52.7 Å². The van der Waals surface area contributed by atoms with Crippen molar-refractivity contribution in [3.8, 4) is 5.75 Å². The molecule has 0 amide bonds. The van der Waals surface area contributed by atoms with Crippen molar-refractivity contribution < 1.29 is 9.84 Å². The second kappa shape index (κ2) is 7.21. The van der Waals surface area contributed by atoms with Crippen LogP contribution in [0, 0.1) is 0 Å². The third-order valence-electron chi connectivity index (χ3n) is 4.87. The molecule has 0 aliphatic heterocycles. The number of anilines is 2. The molecule has 1 heterocycles. The highest BCUT2D eigenvalue weighted by Gasteiger charge is 2.11. The quantitative estimate of drug-likeness (QED) is 0.434. The van der Waals surface area contributed by atoms with Gasteiger partial charge in [0, 0.05) is 28.4 Å². The molecule has 0 saturated heterocycles. The van der Waals surface area contributed by atoms with Crippen molar-refractivity contribution in [3.63, 3.8) is 0 Å². The lowest BCUT2D eigenvalue weighted by molar-refractivity contribution is 0.282. The van der Waals surface area contributed by atoms with Gasteiger partial charge in [-0.05, 0) is 67.1 Å². The molecule has 27 heavy (non-hydrogen) atoms. The van der Waals surface area contributed by atoms with Crippen LogP contribution in [0.3, 0.4) is 0 Å². The first-order valence-electron chi connectivity index (χ1n) is 9.05. The molecule has 5 nitrogen and oxygen atoms in total. The Morgan fingerprint density at radius 1 is 0.852 bits per heavy atom. The number of nitrogens with zero attached hydrogens (tertiary/aromatic N) is 1. The van der Waals surface area contributed by atoms with Gasteiger partial charge in [-0.15, -0.1) is 0 Å². The van der Waals surface area contributed by atoms with Gasteiger partial charge in [-0.2, -0.15) is 0 Å². The maximum atomic E-state index is 9.50. The summed E-state index contributed by atoms with van der Waals surface area (Å²) in [5.41, 5.74) is 11.7. The normalized spacial score (nSPS) is 11.1. The number of hydrogen-bond acceptors (Lipinski definition) is 4. The average Bonchev–Trinajstić information content (AvgIpc) is 3.04. The Hall–Kier alpha value is -3.18. The molecule has 5 heteroatoms. The number of benzene rings is 3. The van der Waals surface area contributed by atoms with Crippen molar-refractivity contribution in [2.75, 3.05) is 18.0 Å². The summed E-state index contributed by atoms with van der Waals surface area (Å²) in [6.45, 7) is 3.09. The lowest BCUT2D eigenvalue weighted by Gasteiger charge is -2.11. The summed E-state index contributed by atoms with van der Waals surface area (Å²) in [6, 6.07) is 20.2. The van der Waals surface area contributed by atoms with Crippen LogP contribution in [-0.4, -0.2) is 16.8 Å². The molecule has 1 aromatic heterocycles. The number of aryl methyl sites for hydroxylation is 1. The standard InChI is InChI=1S/C22H23N3O2/c1-3-25-21-10-4-15(14-26)12-19(21)20-13-17(7-11-22(20)25)24-23-16-5-8-18(27-2)9-6-16/h4-13,23-24,26H,3,14H2,1-2H3. The molecule has 4 rings (SSSR count). The third-order valence-corrected chi connectivity index (χ3v) is 4.87. The zero-order chi connectivity index (χ0) is 18.8. The van der Waals surface area contributed by atoms with Gasteiger partial charge in [-0.1, -0.05) is 6.07 Å². The lowest BCUT2D eigenvalue weighted by atomic mass is 10.1. The Morgan fingerprint density at radius 3 is 2.15 bits per heavy atom. The zero-order valence-electron chi connectivity index (χ0n) is 15.5. The first-order valence-corrected chi connectivity index (χ1v) is 9.05. The van der Waals surface area contributed by atoms with Gasteiger partial charge in [-0.25, -0.2) is 0 Å². The van der Waals surface area contributed by atoms with Crippen LogP contribution in [0.2, 0.25) is 0 Å². The maximum absolute atomic E-state index is 9.50. The number of hydrogen-bond donors (Lipinski definition) is 3. The number of ether oxygens (including phenoxy) is 1. The predicted molar refractivity (Wildman–Crippen MR) is 111 cm³/mol. The molecule has 0 unspecified atom stereocenters. The molecular weight excluding hydrogens is 338 g/mol. The highest BCUT2D eigenvalue weighted by Crippen LogP contribution is 2.32. The summed E-state index contributed by atoms with van der Waals surface area (Å²) in [6.07, 6.45) is 0. The molecule has 0 radical (unpaired) electrons. The smallest absolute Gasteiger partial charge is 0.119 e. The summed E-state index contributed by atoms with van der Waals surface area (Å²) >= 11 is 0. The highest BCUT2D eigenvalue weighted by molar-refractivity contribution is 6.09. The van der Waals surface area contributed by atoms with Gasteiger partial charge in [0.2, 0.25) is 0 Å². The second-order valence-corrected chi connectivity index (χ2v) is 6.46. The fourth-order valence-corrected chi connectivity index (χ4v) is 3.49. The van der Waals surface area contributed by atoms with E-state index in [0.29, 0.717) is 0 Å². The summed E-state index contributed by atoms with van der Waals surface area (Å²) < 4.78 is 7.48. The topological polar surface area (TPSA) is 58.5 Å². The fourth-order valence-electron chi connectivity index (χ4n) is 3.49. The van der Waals surface area contributed by atoms with Gasteiger partial charge < -0.3 is 25.3 Å². The molecule has 138 valence electrons. The molecule has 4 aromatic rings. The van der Waals surface area contributed by atoms with Gasteiger partial charge in [0.05, 0.1) is 25.1 Å². The Balaban J connectivity index is 1.68. The Kier molecular flexibility index (Phi) is 4.60. The average molecular weight is 361 g/mol. The van der Waals surface area contributed by atoms with Gasteiger partial charge in [-0.3, -0.25) is 0 Å². The Labute approximate surface area is 158 Å². The van der Waals surface area contributed by atoms with E-state index in [0.717, 1.165) is 34.6 Å². The van der Waals surface area contributed by atoms with Crippen LogP contribution in [-0.2, 0) is 13.2 Å². The Bertz CT molecular complexity index is 1080. The van der Waals surface area contributed by atoms with E-state index in [-0.39, 0.29) is 6.61 Å². The summed E-state index contributed by atoms with van der Waals surface area (Å²) in [5, 5.41) is 11.8. The molecule has 0 atom stereocenters. The number of nitrogens with one attached hydrogen (secondary N) is 2. The van der Waals surface area contributed by atoms with Crippen molar-refractivity contribution in [3.05, 3.63) is 66.2 Å². The Morgan fingerprint density at radius 2 is 1.48 bits per heavy atom. The predicted octanol–water partition coefficient (Wildman–Crippen LogP) is 4.75. The van der Waals surface area contributed by atoms with Crippen LogP contribution < -0.4 is 15.6 Å². The molecular formula is C22H23N3O2. The number of fused-ring (bicyclic) bond motifs is 3. The minimum atomic E-state index is 0.0473. The largest absolute Gasteiger partial charge is 0.497 e. The fraction of sp³-hybridized carbons (Fsp3) is 0.182. The third kappa shape index (κ3) is 3.17. The van der Waals surface area contributed by atoms with E-state index in [4.69, 9.17) is 4.74 Å². The summed E-state index contributed by atoms with van der Waals surface area (Å²) in [5.74, 6) is 0.828. The van der Waals surface area contributed by atoms with E-state index in [1.165, 1.54) is 16.4 Å². The van der Waals surface area contributed by atoms with E-state index in [1.54, 1.807) is 7.11 Å². The van der Waals surface area contributed by atoms with Crippen LogP contribution in [0.5, 0.6) is 5.75 Å². The molecule has 0 fully saturated rings. The zero-order valence-corrected chi connectivity index (χ0v) is 15.5. The molecule has 0 aliphatic rings. The monoisotopic (exact) mass is 361 g/mol. The molecule has 0 saturated carbocycles. The van der Waals surface area contributed by atoms with Crippen molar-refractivity contribution in [2.24, 2.45) is 0 Å². The minimum absolute atomic E-state index is 0.0473. The first kappa shape index (κ1) is 17.2. The number of hydrazine groups is 1. The highest BCUT2D eigenvalue weighted by atomic mass is 16.5. The number of aliphatic hydroxyl groups is 1. The van der Waals surface area contributed by atoms with E-state index in [9.17, 15) is 5.11 Å². The number of aliphatic hydroxyl groups excluding tert-OH is 1. The lowest BCUT2D eigenvalue weighted by Crippen LogP contribution is -2.08. The molecule has 0 aliphatic carbocycles. The first-order chi connectivity index (χ1) is 13.2. The maximum Gasteiger partial charge on any atom is 0.119 e. The SMILES string of the molecule is CCn1c2ccc(CO)cc2c2cc(NNc3ccc(OC)cc3)ccc21. The molecule has 3 aromatic carbocycles. The van der Waals surface area contributed by atoms with Crippen LogP contribution >= 0.6 is 0 Å². The number of aromatic nitrogens is 1. The molecule has 0 bridgehead atoms. The van der Waals surface area contributed by atoms with Crippen LogP contribution in [0.1, 0.15) is 12.5 Å². The van der Waals surface area contributed by atoms with Gasteiger partial charge in [0.1, 0.15) is 5.75 Å². The van der Waals surface area contributed by atoms with E-state index < -0.39 is 0 Å². The van der Waals surface area contributed by atoms with Crippen molar-refractivity contribution in [1.29, 1.82) is 0 Å². The van der Waals surface area contributed by atoms with Crippen molar-refractivity contribution >= 4 is 33.2 Å². The summed E-state index contributed by atoms with van der Waals surface area (Å²) in [4.78, 5) is 0. The minimum Gasteiger partial charge on any atom is -0.497 e. The molecule has 0 spiro atoms.